The summed E-state index contributed by atoms with van der Waals surface area (Å²) in [5.41, 5.74) is 2.95. The first-order chi connectivity index (χ1) is 12.2. The SMILES string of the molecule is O=C(CSc1ncc(-c2ccc(F)cc2)[nH]1)N1CCc2sccc2C1. The van der Waals surface area contributed by atoms with Gasteiger partial charge in [-0.1, -0.05) is 11.8 Å². The third-order valence-corrected chi connectivity index (χ3v) is 6.10. The van der Waals surface area contributed by atoms with Gasteiger partial charge in [-0.2, -0.15) is 0 Å². The Kier molecular flexibility index (Phi) is 4.59. The van der Waals surface area contributed by atoms with Gasteiger partial charge in [0.25, 0.3) is 0 Å². The van der Waals surface area contributed by atoms with Crippen molar-refractivity contribution in [1.29, 1.82) is 0 Å². The zero-order valence-corrected chi connectivity index (χ0v) is 15.0. The third-order valence-electron chi connectivity index (χ3n) is 4.20. The Morgan fingerprint density at radius 2 is 2.16 bits per heavy atom. The molecule has 0 spiro atoms. The van der Waals surface area contributed by atoms with Gasteiger partial charge in [0, 0.05) is 18.0 Å². The summed E-state index contributed by atoms with van der Waals surface area (Å²) in [5.74, 6) is 0.218. The molecule has 1 aromatic carbocycles. The van der Waals surface area contributed by atoms with E-state index in [1.54, 1.807) is 29.7 Å². The fourth-order valence-electron chi connectivity index (χ4n) is 2.84. The Balaban J connectivity index is 1.36. The highest BCUT2D eigenvalue weighted by Gasteiger charge is 2.21. The zero-order chi connectivity index (χ0) is 17.2. The van der Waals surface area contributed by atoms with Gasteiger partial charge in [-0.15, -0.1) is 11.3 Å². The van der Waals surface area contributed by atoms with Gasteiger partial charge in [-0.25, -0.2) is 9.37 Å². The average Bonchev–Trinajstić information content (AvgIpc) is 3.29. The van der Waals surface area contributed by atoms with Gasteiger partial charge < -0.3 is 9.88 Å². The van der Waals surface area contributed by atoms with Crippen molar-refractivity contribution in [3.8, 4) is 11.3 Å². The lowest BCUT2D eigenvalue weighted by Crippen LogP contribution is -2.36. The Bertz CT molecular complexity index is 888. The molecule has 2 aromatic heterocycles. The second-order valence-corrected chi connectivity index (χ2v) is 7.80. The van der Waals surface area contributed by atoms with Gasteiger partial charge in [0.15, 0.2) is 5.16 Å². The molecule has 3 heterocycles. The van der Waals surface area contributed by atoms with Crippen molar-refractivity contribution in [2.75, 3.05) is 12.3 Å². The molecule has 4 nitrogen and oxygen atoms in total. The molecule has 0 radical (unpaired) electrons. The van der Waals surface area contributed by atoms with E-state index < -0.39 is 0 Å². The van der Waals surface area contributed by atoms with Crippen LogP contribution in [0.15, 0.2) is 47.1 Å². The predicted molar refractivity (Wildman–Crippen MR) is 98.1 cm³/mol. The van der Waals surface area contributed by atoms with E-state index in [1.165, 1.54) is 34.3 Å². The molecule has 0 saturated carbocycles. The summed E-state index contributed by atoms with van der Waals surface area (Å²) < 4.78 is 13.0. The van der Waals surface area contributed by atoms with Gasteiger partial charge >= 0.3 is 0 Å². The number of H-pyrrole nitrogens is 1. The molecule has 0 fully saturated rings. The monoisotopic (exact) mass is 373 g/mol. The van der Waals surface area contributed by atoms with Gasteiger partial charge in [0.1, 0.15) is 5.82 Å². The van der Waals surface area contributed by atoms with E-state index >= 15 is 0 Å². The lowest BCUT2D eigenvalue weighted by Gasteiger charge is -2.26. The highest BCUT2D eigenvalue weighted by atomic mass is 32.2. The largest absolute Gasteiger partial charge is 0.337 e. The maximum Gasteiger partial charge on any atom is 0.233 e. The standard InChI is InChI=1S/C18H16FN3OS2/c19-14-3-1-12(2-4-14)15-9-20-18(21-15)25-11-17(23)22-7-5-16-13(10-22)6-8-24-16/h1-4,6,8-9H,5,7,10-11H2,(H,20,21). The summed E-state index contributed by atoms with van der Waals surface area (Å²) in [7, 11) is 0. The number of fused-ring (bicyclic) bond motifs is 1. The lowest BCUT2D eigenvalue weighted by atomic mass is 10.1. The van der Waals surface area contributed by atoms with Crippen LogP contribution in [0.1, 0.15) is 10.4 Å². The Morgan fingerprint density at radius 1 is 1.32 bits per heavy atom. The molecular weight excluding hydrogens is 357 g/mol. The lowest BCUT2D eigenvalue weighted by molar-refractivity contribution is -0.129. The number of aromatic amines is 1. The number of aromatic nitrogens is 2. The number of carbonyl (C=O) groups is 1. The number of imidazole rings is 1. The van der Waals surface area contributed by atoms with E-state index in [4.69, 9.17) is 0 Å². The van der Waals surface area contributed by atoms with Crippen molar-refractivity contribution in [1.82, 2.24) is 14.9 Å². The fraction of sp³-hybridized carbons (Fsp3) is 0.222. The van der Waals surface area contributed by atoms with Gasteiger partial charge in [-0.05, 0) is 53.3 Å². The van der Waals surface area contributed by atoms with Gasteiger partial charge in [0.05, 0.1) is 17.6 Å². The van der Waals surface area contributed by atoms with Crippen LogP contribution in [-0.4, -0.2) is 33.1 Å². The van der Waals surface area contributed by atoms with Crippen LogP contribution in [0.2, 0.25) is 0 Å². The summed E-state index contributed by atoms with van der Waals surface area (Å²) in [5, 5.41) is 2.79. The first-order valence-corrected chi connectivity index (χ1v) is 9.82. The molecule has 0 unspecified atom stereocenters. The van der Waals surface area contributed by atoms with E-state index in [2.05, 4.69) is 21.4 Å². The molecule has 128 valence electrons. The molecule has 25 heavy (non-hydrogen) atoms. The molecule has 0 aliphatic carbocycles. The first kappa shape index (κ1) is 16.4. The number of nitrogens with one attached hydrogen (secondary N) is 1. The quantitative estimate of drug-likeness (QED) is 0.705. The minimum Gasteiger partial charge on any atom is -0.337 e. The van der Waals surface area contributed by atoms with Crippen LogP contribution in [-0.2, 0) is 17.8 Å². The van der Waals surface area contributed by atoms with Crippen LogP contribution < -0.4 is 0 Å². The number of thioether (sulfide) groups is 1. The molecule has 1 N–H and O–H groups in total. The van der Waals surface area contributed by atoms with Crippen molar-refractivity contribution in [2.24, 2.45) is 0 Å². The van der Waals surface area contributed by atoms with Crippen LogP contribution in [0.4, 0.5) is 4.39 Å². The molecule has 4 rings (SSSR count). The number of hydrogen-bond acceptors (Lipinski definition) is 4. The second-order valence-electron chi connectivity index (χ2n) is 5.83. The predicted octanol–water partition coefficient (Wildman–Crippen LogP) is 3.95. The Hall–Kier alpha value is -2.12. The van der Waals surface area contributed by atoms with Gasteiger partial charge in [-0.3, -0.25) is 4.79 Å². The van der Waals surface area contributed by atoms with Crippen molar-refractivity contribution in [3.05, 3.63) is 58.2 Å². The summed E-state index contributed by atoms with van der Waals surface area (Å²) in [6, 6.07) is 8.35. The first-order valence-electron chi connectivity index (χ1n) is 7.96. The summed E-state index contributed by atoms with van der Waals surface area (Å²) >= 11 is 3.16. The molecule has 1 aliphatic rings. The van der Waals surface area contributed by atoms with Gasteiger partial charge in [0.2, 0.25) is 5.91 Å². The maximum absolute atomic E-state index is 13.0. The van der Waals surface area contributed by atoms with Crippen LogP contribution in [0, 0.1) is 5.82 Å². The molecule has 7 heteroatoms. The van der Waals surface area contributed by atoms with Crippen molar-refractivity contribution in [2.45, 2.75) is 18.1 Å². The number of rotatable bonds is 4. The van der Waals surface area contributed by atoms with E-state index in [-0.39, 0.29) is 11.7 Å². The summed E-state index contributed by atoms with van der Waals surface area (Å²) in [6.45, 7) is 1.49. The molecular formula is C18H16FN3OS2. The normalized spacial score (nSPS) is 13.7. The van der Waals surface area contributed by atoms with Crippen molar-refractivity contribution < 1.29 is 9.18 Å². The summed E-state index contributed by atoms with van der Waals surface area (Å²) in [6.07, 6.45) is 2.65. The van der Waals surface area contributed by atoms with Crippen LogP contribution >= 0.6 is 23.1 Å². The molecule has 1 aliphatic heterocycles. The fourth-order valence-corrected chi connectivity index (χ4v) is 4.48. The van der Waals surface area contributed by atoms with E-state index in [1.807, 2.05) is 4.90 Å². The highest BCUT2D eigenvalue weighted by molar-refractivity contribution is 7.99. The summed E-state index contributed by atoms with van der Waals surface area (Å²) in [4.78, 5) is 23.2. The maximum atomic E-state index is 13.0. The van der Waals surface area contributed by atoms with Crippen LogP contribution in [0.25, 0.3) is 11.3 Å². The number of nitrogens with zero attached hydrogens (tertiary/aromatic N) is 2. The van der Waals surface area contributed by atoms with E-state index in [9.17, 15) is 9.18 Å². The number of hydrogen-bond donors (Lipinski definition) is 1. The molecule has 3 aromatic rings. The van der Waals surface area contributed by atoms with Crippen molar-refractivity contribution in [3.63, 3.8) is 0 Å². The minimum atomic E-state index is -0.265. The third kappa shape index (κ3) is 3.62. The number of benzene rings is 1. The number of carbonyl (C=O) groups excluding carboxylic acids is 1. The highest BCUT2D eigenvalue weighted by Crippen LogP contribution is 2.26. The molecule has 1 amide bonds. The Labute approximate surface area is 153 Å². The molecule has 0 saturated heterocycles. The molecule has 0 atom stereocenters. The smallest absolute Gasteiger partial charge is 0.233 e. The zero-order valence-electron chi connectivity index (χ0n) is 13.4. The molecule has 0 bridgehead atoms. The average molecular weight is 373 g/mol. The minimum absolute atomic E-state index is 0.126. The van der Waals surface area contributed by atoms with E-state index in [0.717, 1.165) is 24.2 Å². The van der Waals surface area contributed by atoms with Crippen molar-refractivity contribution >= 4 is 29.0 Å². The number of halogens is 1. The number of amides is 1. The topological polar surface area (TPSA) is 49.0 Å². The van der Waals surface area contributed by atoms with Crippen LogP contribution in [0.3, 0.4) is 0 Å². The van der Waals surface area contributed by atoms with E-state index in [0.29, 0.717) is 17.5 Å². The number of thiophene rings is 1. The Morgan fingerprint density at radius 3 is 3.00 bits per heavy atom. The second kappa shape index (κ2) is 7.01. The van der Waals surface area contributed by atoms with Crippen LogP contribution in [0.5, 0.6) is 0 Å².